The lowest BCUT2D eigenvalue weighted by Gasteiger charge is -2.19. The molecule has 0 radical (unpaired) electrons. The number of carbonyl (C=O) groups is 2. The molecule has 0 aromatic heterocycles. The van der Waals surface area contributed by atoms with Crippen LogP contribution in [-0.2, 0) is 21.2 Å². The van der Waals surface area contributed by atoms with E-state index in [9.17, 15) is 18.0 Å². The minimum Gasteiger partial charge on any atom is -0.398 e. The predicted molar refractivity (Wildman–Crippen MR) is 146 cm³/mol. The van der Waals surface area contributed by atoms with E-state index in [-0.39, 0.29) is 17.2 Å². The molecule has 0 bridgehead atoms. The lowest BCUT2D eigenvalue weighted by atomic mass is 10.1. The van der Waals surface area contributed by atoms with Gasteiger partial charge in [-0.1, -0.05) is 42.5 Å². The first kappa shape index (κ1) is 25.5. The summed E-state index contributed by atoms with van der Waals surface area (Å²) < 4.78 is 27.7. The van der Waals surface area contributed by atoms with Crippen LogP contribution in [0.4, 0.5) is 22.7 Å². The summed E-state index contributed by atoms with van der Waals surface area (Å²) in [5, 5.41) is 2.76. The van der Waals surface area contributed by atoms with Gasteiger partial charge >= 0.3 is 0 Å². The van der Waals surface area contributed by atoms with Crippen molar-refractivity contribution in [2.45, 2.75) is 11.3 Å². The van der Waals surface area contributed by atoms with Crippen LogP contribution in [0.1, 0.15) is 15.9 Å². The molecule has 0 atom stereocenters. The molecule has 37 heavy (non-hydrogen) atoms. The Bertz CT molecular complexity index is 1520. The maximum Gasteiger partial charge on any atom is 0.261 e. The Labute approximate surface area is 215 Å². The van der Waals surface area contributed by atoms with Gasteiger partial charge in [0.05, 0.1) is 11.3 Å². The molecule has 0 aliphatic heterocycles. The second kappa shape index (κ2) is 11.0. The Morgan fingerprint density at radius 1 is 0.811 bits per heavy atom. The average Bonchev–Trinajstić information content (AvgIpc) is 2.90. The molecule has 4 N–H and O–H groups in total. The fourth-order valence-electron chi connectivity index (χ4n) is 3.62. The summed E-state index contributed by atoms with van der Waals surface area (Å²) in [7, 11) is -2.13. The molecule has 0 unspecified atom stereocenters. The first-order chi connectivity index (χ1) is 17.7. The third-order valence-corrected chi connectivity index (χ3v) is 7.11. The standard InChI is InChI=1S/C28H26N4O4S/c1-32(27(33)19-20-8-5-6-13-26(20)29)24-12-7-9-21(18-24)28(34)30-22-14-16-25(17-15-22)37(35,36)31-23-10-3-2-4-11-23/h2-18,31H,19,29H2,1H3,(H,30,34). The molecule has 8 nitrogen and oxygen atoms in total. The Morgan fingerprint density at radius 2 is 1.49 bits per heavy atom. The van der Waals surface area contributed by atoms with Crippen molar-refractivity contribution in [1.82, 2.24) is 0 Å². The van der Waals surface area contributed by atoms with E-state index in [1.807, 2.05) is 12.1 Å². The fourth-order valence-corrected chi connectivity index (χ4v) is 4.68. The predicted octanol–water partition coefficient (Wildman–Crippen LogP) is 4.53. The van der Waals surface area contributed by atoms with E-state index < -0.39 is 15.9 Å². The number of benzene rings is 4. The van der Waals surface area contributed by atoms with Crippen molar-refractivity contribution in [3.63, 3.8) is 0 Å². The third-order valence-electron chi connectivity index (χ3n) is 5.72. The number of nitrogens with two attached hydrogens (primary N) is 1. The molecule has 0 fully saturated rings. The van der Waals surface area contributed by atoms with Gasteiger partial charge in [-0.25, -0.2) is 8.42 Å². The Morgan fingerprint density at radius 3 is 2.19 bits per heavy atom. The highest BCUT2D eigenvalue weighted by molar-refractivity contribution is 7.92. The van der Waals surface area contributed by atoms with Crippen molar-refractivity contribution in [2.24, 2.45) is 0 Å². The van der Waals surface area contributed by atoms with Crippen LogP contribution in [0.15, 0.2) is 108 Å². The van der Waals surface area contributed by atoms with E-state index in [1.54, 1.807) is 73.8 Å². The summed E-state index contributed by atoms with van der Waals surface area (Å²) in [6.07, 6.45) is 0.133. The average molecular weight is 515 g/mol. The van der Waals surface area contributed by atoms with Crippen LogP contribution in [0, 0.1) is 0 Å². The van der Waals surface area contributed by atoms with Crippen LogP contribution >= 0.6 is 0 Å². The smallest absolute Gasteiger partial charge is 0.261 e. The molecule has 4 rings (SSSR count). The van der Waals surface area contributed by atoms with Crippen molar-refractivity contribution in [3.05, 3.63) is 114 Å². The molecule has 188 valence electrons. The van der Waals surface area contributed by atoms with Gasteiger partial charge in [0.25, 0.3) is 15.9 Å². The monoisotopic (exact) mass is 514 g/mol. The molecule has 0 heterocycles. The zero-order chi connectivity index (χ0) is 26.4. The van der Waals surface area contributed by atoms with E-state index in [0.29, 0.717) is 28.3 Å². The molecule has 2 amide bonds. The molecule has 0 saturated carbocycles. The van der Waals surface area contributed by atoms with Gasteiger partial charge in [-0.15, -0.1) is 0 Å². The number of anilines is 4. The minimum atomic E-state index is -3.77. The number of amides is 2. The zero-order valence-corrected chi connectivity index (χ0v) is 20.9. The second-order valence-corrected chi connectivity index (χ2v) is 10.0. The van der Waals surface area contributed by atoms with Gasteiger partial charge in [0, 0.05) is 35.4 Å². The SMILES string of the molecule is CN(C(=O)Cc1ccccc1N)c1cccc(C(=O)Nc2ccc(S(=O)(=O)Nc3ccccc3)cc2)c1. The number of nitrogens with zero attached hydrogens (tertiary/aromatic N) is 1. The zero-order valence-electron chi connectivity index (χ0n) is 20.1. The number of hydrogen-bond donors (Lipinski definition) is 3. The summed E-state index contributed by atoms with van der Waals surface area (Å²) >= 11 is 0. The maximum absolute atomic E-state index is 12.9. The molecule has 9 heteroatoms. The van der Waals surface area contributed by atoms with Crippen LogP contribution in [0.2, 0.25) is 0 Å². The summed E-state index contributed by atoms with van der Waals surface area (Å²) in [5.41, 5.74) is 9.02. The fraction of sp³-hybridized carbons (Fsp3) is 0.0714. The van der Waals surface area contributed by atoms with Crippen molar-refractivity contribution in [3.8, 4) is 0 Å². The lowest BCUT2D eigenvalue weighted by molar-refractivity contribution is -0.117. The maximum atomic E-state index is 12.9. The Hall–Kier alpha value is -4.63. The molecule has 4 aromatic rings. The topological polar surface area (TPSA) is 122 Å². The van der Waals surface area contributed by atoms with E-state index in [4.69, 9.17) is 5.73 Å². The Kier molecular flexibility index (Phi) is 7.55. The van der Waals surface area contributed by atoms with Gasteiger partial charge in [0.2, 0.25) is 5.91 Å². The normalized spacial score (nSPS) is 10.9. The van der Waals surface area contributed by atoms with Gasteiger partial charge in [-0.2, -0.15) is 0 Å². The number of para-hydroxylation sites is 2. The number of likely N-dealkylation sites (N-methyl/N-ethyl adjacent to an activating group) is 1. The summed E-state index contributed by atoms with van der Waals surface area (Å²) in [5.74, 6) is -0.565. The number of rotatable bonds is 8. The summed E-state index contributed by atoms with van der Waals surface area (Å²) in [6.45, 7) is 0. The molecule has 0 saturated heterocycles. The van der Waals surface area contributed by atoms with Gasteiger partial charge < -0.3 is 16.0 Å². The highest BCUT2D eigenvalue weighted by atomic mass is 32.2. The first-order valence-corrected chi connectivity index (χ1v) is 12.9. The number of nitrogens with one attached hydrogen (secondary N) is 2. The van der Waals surface area contributed by atoms with Crippen molar-refractivity contribution < 1.29 is 18.0 Å². The number of sulfonamides is 1. The van der Waals surface area contributed by atoms with Crippen LogP contribution in [-0.4, -0.2) is 27.3 Å². The number of carbonyl (C=O) groups excluding carboxylic acids is 2. The van der Waals surface area contributed by atoms with Crippen LogP contribution in [0.25, 0.3) is 0 Å². The van der Waals surface area contributed by atoms with Crippen LogP contribution < -0.4 is 20.7 Å². The molecule has 0 aliphatic carbocycles. The van der Waals surface area contributed by atoms with Crippen molar-refractivity contribution in [2.75, 3.05) is 27.7 Å². The largest absolute Gasteiger partial charge is 0.398 e. The minimum absolute atomic E-state index is 0.0653. The van der Waals surface area contributed by atoms with E-state index in [2.05, 4.69) is 10.0 Å². The molecule has 0 aliphatic rings. The summed E-state index contributed by atoms with van der Waals surface area (Å²) in [4.78, 5) is 27.2. The second-order valence-electron chi connectivity index (χ2n) is 8.33. The number of hydrogen-bond acceptors (Lipinski definition) is 5. The van der Waals surface area contributed by atoms with Crippen molar-refractivity contribution in [1.29, 1.82) is 0 Å². The van der Waals surface area contributed by atoms with Gasteiger partial charge in [-0.3, -0.25) is 14.3 Å². The highest BCUT2D eigenvalue weighted by Gasteiger charge is 2.17. The number of nitrogen functional groups attached to an aromatic ring is 1. The van der Waals surface area contributed by atoms with Crippen LogP contribution in [0.5, 0.6) is 0 Å². The van der Waals surface area contributed by atoms with E-state index >= 15 is 0 Å². The molecular weight excluding hydrogens is 488 g/mol. The highest BCUT2D eigenvalue weighted by Crippen LogP contribution is 2.21. The van der Waals surface area contributed by atoms with Crippen molar-refractivity contribution >= 4 is 44.6 Å². The van der Waals surface area contributed by atoms with Crippen LogP contribution in [0.3, 0.4) is 0 Å². The van der Waals surface area contributed by atoms with E-state index in [1.165, 1.54) is 29.2 Å². The van der Waals surface area contributed by atoms with E-state index in [0.717, 1.165) is 5.56 Å². The van der Waals surface area contributed by atoms with Gasteiger partial charge in [0.15, 0.2) is 0 Å². The third kappa shape index (κ3) is 6.33. The molecule has 0 spiro atoms. The first-order valence-electron chi connectivity index (χ1n) is 11.4. The quantitative estimate of drug-likeness (QED) is 0.298. The van der Waals surface area contributed by atoms with Gasteiger partial charge in [0.1, 0.15) is 0 Å². The molecule has 4 aromatic carbocycles. The molecular formula is C28H26N4O4S. The Balaban J connectivity index is 1.42. The van der Waals surface area contributed by atoms with Gasteiger partial charge in [-0.05, 0) is 66.2 Å². The summed E-state index contributed by atoms with van der Waals surface area (Å²) in [6, 6.07) is 28.3. The lowest BCUT2D eigenvalue weighted by Crippen LogP contribution is -2.28.